The highest BCUT2D eigenvalue weighted by Crippen LogP contribution is 2.39. The molecular weight excluding hydrogens is 336 g/mol. The van der Waals surface area contributed by atoms with Crippen molar-refractivity contribution in [3.8, 4) is 0 Å². The van der Waals surface area contributed by atoms with Gasteiger partial charge in [-0.05, 0) is 55.2 Å². The van der Waals surface area contributed by atoms with Crippen LogP contribution < -0.4 is 10.6 Å². The van der Waals surface area contributed by atoms with E-state index in [0.29, 0.717) is 18.0 Å². The third-order valence-corrected chi connectivity index (χ3v) is 4.59. The molecule has 4 nitrogen and oxygen atoms in total. The lowest BCUT2D eigenvalue weighted by molar-refractivity contribution is -0.125. The van der Waals surface area contributed by atoms with Crippen molar-refractivity contribution in [1.82, 2.24) is 5.32 Å². The van der Waals surface area contributed by atoms with Crippen molar-refractivity contribution in [2.45, 2.75) is 19.8 Å². The number of halogens is 1. The zero-order valence-electron chi connectivity index (χ0n) is 14.1. The molecule has 2 aromatic rings. The van der Waals surface area contributed by atoms with Gasteiger partial charge >= 0.3 is 0 Å². The summed E-state index contributed by atoms with van der Waals surface area (Å²) in [5.74, 6) is -0.581. The van der Waals surface area contributed by atoms with Gasteiger partial charge in [-0.2, -0.15) is 0 Å². The van der Waals surface area contributed by atoms with Crippen molar-refractivity contribution in [2.75, 3.05) is 11.9 Å². The molecule has 2 N–H and O–H groups in total. The van der Waals surface area contributed by atoms with Crippen molar-refractivity contribution in [2.24, 2.45) is 11.8 Å². The molecule has 3 rings (SSSR count). The maximum absolute atomic E-state index is 12.2. The van der Waals surface area contributed by atoms with Gasteiger partial charge in [-0.1, -0.05) is 35.9 Å². The Bertz CT molecular complexity index is 791. The van der Waals surface area contributed by atoms with Gasteiger partial charge in [0, 0.05) is 17.3 Å². The molecule has 2 atom stereocenters. The van der Waals surface area contributed by atoms with Crippen LogP contribution in [0.25, 0.3) is 0 Å². The minimum Gasteiger partial charge on any atom is -0.356 e. The van der Waals surface area contributed by atoms with Crippen LogP contribution >= 0.6 is 11.6 Å². The van der Waals surface area contributed by atoms with Gasteiger partial charge in [-0.15, -0.1) is 0 Å². The normalized spacial score (nSPS) is 18.5. The van der Waals surface area contributed by atoms with Crippen LogP contribution in [-0.4, -0.2) is 18.4 Å². The van der Waals surface area contributed by atoms with E-state index in [9.17, 15) is 9.59 Å². The summed E-state index contributed by atoms with van der Waals surface area (Å²) in [6.07, 6.45) is 1.33. The van der Waals surface area contributed by atoms with Crippen LogP contribution in [0, 0.1) is 18.8 Å². The van der Waals surface area contributed by atoms with Crippen molar-refractivity contribution < 1.29 is 9.59 Å². The largest absolute Gasteiger partial charge is 0.356 e. The van der Waals surface area contributed by atoms with Gasteiger partial charge in [0.1, 0.15) is 0 Å². The molecule has 1 aliphatic carbocycles. The van der Waals surface area contributed by atoms with Crippen molar-refractivity contribution in [3.05, 3.63) is 64.7 Å². The van der Waals surface area contributed by atoms with Crippen molar-refractivity contribution in [1.29, 1.82) is 0 Å². The van der Waals surface area contributed by atoms with Crippen LogP contribution in [0.2, 0.25) is 5.02 Å². The fourth-order valence-electron chi connectivity index (χ4n) is 2.89. The standard InChI is InChI=1S/C20H21ClN2O2/c1-13-4-2-7-16(10-13)23-20(25)18-12-17(18)19(24)22-9-8-14-5-3-6-15(21)11-14/h2-7,10-11,17-18H,8-9,12H2,1H3,(H,22,24)(H,23,25). The summed E-state index contributed by atoms with van der Waals surface area (Å²) < 4.78 is 0. The minimum atomic E-state index is -0.230. The maximum Gasteiger partial charge on any atom is 0.228 e. The number of aryl methyl sites for hydroxylation is 1. The zero-order chi connectivity index (χ0) is 17.8. The summed E-state index contributed by atoms with van der Waals surface area (Å²) in [5.41, 5.74) is 2.94. The number of anilines is 1. The van der Waals surface area contributed by atoms with E-state index < -0.39 is 0 Å². The van der Waals surface area contributed by atoms with E-state index in [1.165, 1.54) is 0 Å². The molecule has 1 aliphatic rings. The summed E-state index contributed by atoms with van der Waals surface area (Å²) >= 11 is 5.95. The first-order valence-electron chi connectivity index (χ1n) is 8.42. The lowest BCUT2D eigenvalue weighted by atomic mass is 10.1. The van der Waals surface area contributed by atoms with Crippen LogP contribution in [0.4, 0.5) is 5.69 Å². The predicted molar refractivity (Wildman–Crippen MR) is 99.6 cm³/mol. The Morgan fingerprint density at radius 1 is 1.08 bits per heavy atom. The second kappa shape index (κ2) is 7.70. The van der Waals surface area contributed by atoms with Gasteiger partial charge in [-0.25, -0.2) is 0 Å². The molecule has 130 valence electrons. The quantitative estimate of drug-likeness (QED) is 0.831. The van der Waals surface area contributed by atoms with Gasteiger partial charge < -0.3 is 10.6 Å². The van der Waals surface area contributed by atoms with Crippen LogP contribution in [0.1, 0.15) is 17.5 Å². The third-order valence-electron chi connectivity index (χ3n) is 4.35. The number of hydrogen-bond donors (Lipinski definition) is 2. The fourth-order valence-corrected chi connectivity index (χ4v) is 3.10. The van der Waals surface area contributed by atoms with Gasteiger partial charge in [-0.3, -0.25) is 9.59 Å². The number of benzene rings is 2. The second-order valence-electron chi connectivity index (χ2n) is 6.48. The molecule has 0 saturated heterocycles. The van der Waals surface area contributed by atoms with E-state index in [1.54, 1.807) is 0 Å². The molecule has 2 unspecified atom stereocenters. The monoisotopic (exact) mass is 356 g/mol. The Morgan fingerprint density at radius 3 is 2.60 bits per heavy atom. The summed E-state index contributed by atoms with van der Waals surface area (Å²) in [6, 6.07) is 15.2. The van der Waals surface area contributed by atoms with Crippen molar-refractivity contribution in [3.63, 3.8) is 0 Å². The number of carbonyl (C=O) groups is 2. The molecule has 1 fully saturated rings. The molecule has 5 heteroatoms. The van der Waals surface area contributed by atoms with Gasteiger partial charge in [0.25, 0.3) is 0 Å². The molecule has 2 aromatic carbocycles. The molecule has 0 bridgehead atoms. The molecule has 1 saturated carbocycles. The maximum atomic E-state index is 12.2. The Morgan fingerprint density at radius 2 is 1.84 bits per heavy atom. The highest BCUT2D eigenvalue weighted by molar-refractivity contribution is 6.30. The Hall–Kier alpha value is -2.33. The second-order valence-corrected chi connectivity index (χ2v) is 6.91. The molecule has 0 aromatic heterocycles. The van der Waals surface area contributed by atoms with Crippen LogP contribution in [-0.2, 0) is 16.0 Å². The number of rotatable bonds is 6. The van der Waals surface area contributed by atoms with Gasteiger partial charge in [0.15, 0.2) is 0 Å². The molecule has 0 radical (unpaired) electrons. The Balaban J connectivity index is 1.43. The lowest BCUT2D eigenvalue weighted by Crippen LogP contribution is -2.29. The highest BCUT2D eigenvalue weighted by Gasteiger charge is 2.47. The van der Waals surface area contributed by atoms with Gasteiger partial charge in [0.2, 0.25) is 11.8 Å². The molecule has 25 heavy (non-hydrogen) atoms. The minimum absolute atomic E-state index is 0.0496. The van der Waals surface area contributed by atoms with Crippen LogP contribution in [0.5, 0.6) is 0 Å². The van der Waals surface area contributed by atoms with Crippen molar-refractivity contribution >= 4 is 29.1 Å². The first kappa shape index (κ1) is 17.5. The lowest BCUT2D eigenvalue weighted by Gasteiger charge is -2.07. The Kier molecular flexibility index (Phi) is 5.39. The van der Waals surface area contributed by atoms with E-state index in [2.05, 4.69) is 10.6 Å². The molecule has 0 aliphatic heterocycles. The van der Waals surface area contributed by atoms with E-state index in [4.69, 9.17) is 11.6 Å². The average molecular weight is 357 g/mol. The topological polar surface area (TPSA) is 58.2 Å². The fraction of sp³-hybridized carbons (Fsp3) is 0.300. The third kappa shape index (κ3) is 4.83. The van der Waals surface area contributed by atoms with E-state index >= 15 is 0 Å². The summed E-state index contributed by atoms with van der Waals surface area (Å²) in [5, 5.41) is 6.49. The molecule has 2 amide bonds. The number of hydrogen-bond acceptors (Lipinski definition) is 2. The number of nitrogens with one attached hydrogen (secondary N) is 2. The van der Waals surface area contributed by atoms with Gasteiger partial charge in [0.05, 0.1) is 11.8 Å². The Labute approximate surface area is 152 Å². The highest BCUT2D eigenvalue weighted by atomic mass is 35.5. The predicted octanol–water partition coefficient (Wildman–Crippen LogP) is 3.58. The summed E-state index contributed by atoms with van der Waals surface area (Å²) in [4.78, 5) is 24.4. The first-order chi connectivity index (χ1) is 12.0. The number of amides is 2. The number of carbonyl (C=O) groups excluding carboxylic acids is 2. The smallest absolute Gasteiger partial charge is 0.228 e. The summed E-state index contributed by atoms with van der Waals surface area (Å²) in [6.45, 7) is 2.52. The van der Waals surface area contributed by atoms with Crippen LogP contribution in [0.3, 0.4) is 0 Å². The SMILES string of the molecule is Cc1cccc(NC(=O)C2CC2C(=O)NCCc2cccc(Cl)c2)c1. The summed E-state index contributed by atoms with van der Waals surface area (Å²) in [7, 11) is 0. The molecular formula is C20H21ClN2O2. The van der Waals surface area contributed by atoms with Crippen LogP contribution in [0.15, 0.2) is 48.5 Å². The molecule has 0 heterocycles. The van der Waals surface area contributed by atoms with E-state index in [1.807, 2.05) is 55.5 Å². The molecule has 0 spiro atoms. The zero-order valence-corrected chi connectivity index (χ0v) is 14.8. The van der Waals surface area contributed by atoms with E-state index in [-0.39, 0.29) is 23.7 Å². The average Bonchev–Trinajstić information content (AvgIpc) is 3.36. The first-order valence-corrected chi connectivity index (χ1v) is 8.80. The van der Waals surface area contributed by atoms with E-state index in [0.717, 1.165) is 23.2 Å².